The van der Waals surface area contributed by atoms with Crippen molar-refractivity contribution in [2.45, 2.75) is 44.2 Å². The lowest BCUT2D eigenvalue weighted by Gasteiger charge is -2.35. The van der Waals surface area contributed by atoms with Crippen molar-refractivity contribution >= 4 is 23.4 Å². The molecule has 0 spiro atoms. The number of nitrogens with one attached hydrogen (secondary N) is 1. The number of nitrogens with zero attached hydrogens (tertiary/aromatic N) is 5. The fourth-order valence-electron chi connectivity index (χ4n) is 5.29. The third kappa shape index (κ3) is 6.05. The number of aromatic nitrogens is 3. The Morgan fingerprint density at radius 2 is 2.00 bits per heavy atom. The van der Waals surface area contributed by atoms with Gasteiger partial charge in [0.15, 0.2) is 12.1 Å². The zero-order valence-corrected chi connectivity index (χ0v) is 22.1. The molecule has 1 unspecified atom stereocenters. The fourth-order valence-corrected chi connectivity index (χ4v) is 5.29. The minimum Gasteiger partial charge on any atom is -0.461 e. The summed E-state index contributed by atoms with van der Waals surface area (Å²) in [5.41, 5.74) is 0.642. The Hall–Kier alpha value is -3.97. The van der Waals surface area contributed by atoms with Crippen LogP contribution < -0.4 is 19.9 Å². The summed E-state index contributed by atoms with van der Waals surface area (Å²) in [6.07, 6.45) is 0.474. The SMILES string of the molecule is O=C(Nc1ccnc(OCCOC2CCCCO2)n1)N1c2nc(-c3cccc(C(F)(F)F)c3)ccc2N2CC[C@H]1C2. The van der Waals surface area contributed by atoms with E-state index in [1.165, 1.54) is 12.3 Å². The molecular formula is C28H29F3N6O4. The Balaban J connectivity index is 1.17. The quantitative estimate of drug-likeness (QED) is 0.391. The normalized spacial score (nSPS) is 20.1. The molecule has 1 N–H and O–H groups in total. The molecule has 2 amide bonds. The van der Waals surface area contributed by atoms with E-state index in [9.17, 15) is 18.0 Å². The van der Waals surface area contributed by atoms with Gasteiger partial charge in [-0.05, 0) is 56.0 Å². The smallest absolute Gasteiger partial charge is 0.416 e. The number of amides is 2. The molecule has 13 heteroatoms. The molecule has 2 fully saturated rings. The van der Waals surface area contributed by atoms with Crippen molar-refractivity contribution in [3.63, 3.8) is 0 Å². The van der Waals surface area contributed by atoms with Crippen molar-refractivity contribution in [2.75, 3.05) is 48.0 Å². The first-order chi connectivity index (χ1) is 19.8. The lowest BCUT2D eigenvalue weighted by Crippen LogP contribution is -2.48. The van der Waals surface area contributed by atoms with Gasteiger partial charge in [-0.3, -0.25) is 10.2 Å². The molecule has 0 saturated carbocycles. The van der Waals surface area contributed by atoms with Crippen LogP contribution in [0.2, 0.25) is 0 Å². The fraction of sp³-hybridized carbons (Fsp3) is 0.429. The summed E-state index contributed by atoms with van der Waals surface area (Å²) in [5, 5.41) is 2.80. The van der Waals surface area contributed by atoms with Crippen LogP contribution in [0.25, 0.3) is 11.3 Å². The number of benzene rings is 1. The van der Waals surface area contributed by atoms with E-state index in [1.807, 2.05) is 0 Å². The number of hydrogen-bond acceptors (Lipinski definition) is 8. The number of carbonyl (C=O) groups is 1. The number of rotatable bonds is 7. The number of fused-ring (bicyclic) bond motifs is 4. The number of ether oxygens (including phenoxy) is 3. The van der Waals surface area contributed by atoms with Crippen molar-refractivity contribution in [3.05, 3.63) is 54.2 Å². The predicted octanol–water partition coefficient (Wildman–Crippen LogP) is 5.11. The van der Waals surface area contributed by atoms with Gasteiger partial charge in [0.05, 0.1) is 29.6 Å². The molecule has 2 atom stereocenters. The molecule has 41 heavy (non-hydrogen) atoms. The maximum Gasteiger partial charge on any atom is 0.416 e. The van der Waals surface area contributed by atoms with Crippen molar-refractivity contribution < 1.29 is 32.2 Å². The summed E-state index contributed by atoms with van der Waals surface area (Å²) >= 11 is 0. The van der Waals surface area contributed by atoms with Crippen LogP contribution in [0.15, 0.2) is 48.7 Å². The summed E-state index contributed by atoms with van der Waals surface area (Å²) in [6, 6.07) is 9.53. The van der Waals surface area contributed by atoms with Crippen LogP contribution in [0.1, 0.15) is 31.2 Å². The van der Waals surface area contributed by atoms with Crippen LogP contribution in [-0.2, 0) is 15.7 Å². The molecule has 0 aliphatic carbocycles. The molecule has 2 bridgehead atoms. The molecule has 5 heterocycles. The highest BCUT2D eigenvalue weighted by molar-refractivity contribution is 6.04. The van der Waals surface area contributed by atoms with Crippen LogP contribution in [-0.4, -0.2) is 66.2 Å². The average Bonchev–Trinajstić information content (AvgIpc) is 3.39. The third-order valence-corrected chi connectivity index (χ3v) is 7.28. The van der Waals surface area contributed by atoms with Gasteiger partial charge in [-0.25, -0.2) is 14.8 Å². The van der Waals surface area contributed by atoms with Crippen LogP contribution in [0.3, 0.4) is 0 Å². The van der Waals surface area contributed by atoms with Gasteiger partial charge in [-0.15, -0.1) is 0 Å². The van der Waals surface area contributed by atoms with E-state index >= 15 is 0 Å². The lowest BCUT2D eigenvalue weighted by atomic mass is 10.1. The number of anilines is 3. The highest BCUT2D eigenvalue weighted by Crippen LogP contribution is 2.41. The van der Waals surface area contributed by atoms with Crippen molar-refractivity contribution in [2.24, 2.45) is 0 Å². The average molecular weight is 571 g/mol. The van der Waals surface area contributed by atoms with Gasteiger partial charge in [0.25, 0.3) is 0 Å². The first-order valence-electron chi connectivity index (χ1n) is 13.6. The van der Waals surface area contributed by atoms with E-state index in [4.69, 9.17) is 14.2 Å². The van der Waals surface area contributed by atoms with Gasteiger partial charge in [0, 0.05) is 31.5 Å². The van der Waals surface area contributed by atoms with Crippen molar-refractivity contribution in [3.8, 4) is 17.3 Å². The molecule has 0 radical (unpaired) electrons. The highest BCUT2D eigenvalue weighted by atomic mass is 19.4. The van der Waals surface area contributed by atoms with Crippen molar-refractivity contribution in [1.82, 2.24) is 15.0 Å². The van der Waals surface area contributed by atoms with E-state index in [-0.39, 0.29) is 30.8 Å². The summed E-state index contributed by atoms with van der Waals surface area (Å²) < 4.78 is 56.7. The van der Waals surface area contributed by atoms with E-state index in [2.05, 4.69) is 25.2 Å². The number of hydrogen-bond donors (Lipinski definition) is 1. The minimum atomic E-state index is -4.47. The van der Waals surface area contributed by atoms with E-state index in [0.29, 0.717) is 36.8 Å². The van der Waals surface area contributed by atoms with Gasteiger partial charge in [0.1, 0.15) is 12.4 Å². The monoisotopic (exact) mass is 570 g/mol. The number of halogens is 3. The maximum atomic E-state index is 13.6. The maximum absolute atomic E-state index is 13.6. The summed E-state index contributed by atoms with van der Waals surface area (Å²) in [6.45, 7) is 2.60. The summed E-state index contributed by atoms with van der Waals surface area (Å²) in [7, 11) is 0. The summed E-state index contributed by atoms with van der Waals surface area (Å²) in [4.78, 5) is 30.3. The highest BCUT2D eigenvalue weighted by Gasteiger charge is 2.40. The Morgan fingerprint density at radius 3 is 2.83 bits per heavy atom. The second-order valence-electron chi connectivity index (χ2n) is 10.0. The Kier molecular flexibility index (Phi) is 7.63. The second-order valence-corrected chi connectivity index (χ2v) is 10.0. The zero-order chi connectivity index (χ0) is 28.4. The van der Waals surface area contributed by atoms with Gasteiger partial charge in [0.2, 0.25) is 0 Å². The van der Waals surface area contributed by atoms with Crippen LogP contribution in [0.4, 0.5) is 35.3 Å². The van der Waals surface area contributed by atoms with Crippen molar-refractivity contribution in [1.29, 1.82) is 0 Å². The number of alkyl halides is 3. The number of pyridine rings is 1. The first kappa shape index (κ1) is 27.2. The lowest BCUT2D eigenvalue weighted by molar-refractivity contribution is -0.165. The molecule has 10 nitrogen and oxygen atoms in total. The third-order valence-electron chi connectivity index (χ3n) is 7.28. The molecular weight excluding hydrogens is 541 g/mol. The van der Waals surface area contributed by atoms with Crippen LogP contribution in [0.5, 0.6) is 6.01 Å². The van der Waals surface area contributed by atoms with Gasteiger partial charge in [-0.2, -0.15) is 18.2 Å². The zero-order valence-electron chi connectivity index (χ0n) is 22.1. The van der Waals surface area contributed by atoms with Gasteiger partial charge < -0.3 is 19.1 Å². The largest absolute Gasteiger partial charge is 0.461 e. The molecule has 1 aromatic carbocycles. The minimum absolute atomic E-state index is 0.0898. The van der Waals surface area contributed by atoms with Gasteiger partial charge in [-0.1, -0.05) is 12.1 Å². The van der Waals surface area contributed by atoms with Crippen LogP contribution in [0, 0.1) is 0 Å². The van der Waals surface area contributed by atoms with Gasteiger partial charge >= 0.3 is 18.2 Å². The van der Waals surface area contributed by atoms with E-state index in [1.54, 1.807) is 29.2 Å². The van der Waals surface area contributed by atoms with Crippen LogP contribution >= 0.6 is 0 Å². The topological polar surface area (TPSA) is 102 Å². The molecule has 2 saturated heterocycles. The molecule has 6 rings (SSSR count). The first-order valence-corrected chi connectivity index (χ1v) is 13.6. The molecule has 3 aliphatic rings. The summed E-state index contributed by atoms with van der Waals surface area (Å²) in [5.74, 6) is 0.631. The predicted molar refractivity (Wildman–Crippen MR) is 144 cm³/mol. The Bertz CT molecular complexity index is 1400. The van der Waals surface area contributed by atoms with E-state index in [0.717, 1.165) is 50.0 Å². The Labute approximate surface area is 234 Å². The molecule has 3 aromatic rings. The molecule has 2 aromatic heterocycles. The molecule has 3 aliphatic heterocycles. The second kappa shape index (κ2) is 11.5. The Morgan fingerprint density at radius 1 is 1.10 bits per heavy atom. The number of urea groups is 1. The van der Waals surface area contributed by atoms with E-state index < -0.39 is 17.8 Å². The standard InChI is InChI=1S/C28H29F3N6O4/c29-28(30,31)19-5-3-4-18(16-19)21-7-8-22-25(33-21)37(20-10-12-36(22)17-20)27(38)35-23-9-11-32-26(34-23)41-15-14-40-24-6-1-2-13-39-24/h3-5,7-9,11,16,20,24H,1-2,6,10,12-15,17H2,(H,32,34,35,38)/t20-,24?/m0/s1. The molecule has 216 valence electrons. The number of carbonyl (C=O) groups excluding carboxylic acids is 1.